The maximum absolute atomic E-state index is 12.5. The zero-order valence-electron chi connectivity index (χ0n) is 20.3. The molecule has 0 saturated heterocycles. The van der Waals surface area contributed by atoms with Crippen LogP contribution in [0, 0.1) is 5.92 Å². The highest BCUT2D eigenvalue weighted by Gasteiger charge is 2.24. The predicted molar refractivity (Wildman–Crippen MR) is 140 cm³/mol. The highest BCUT2D eigenvalue weighted by atomic mass is 16.5. The Morgan fingerprint density at radius 3 is 2.43 bits per heavy atom. The summed E-state index contributed by atoms with van der Waals surface area (Å²) in [6.07, 6.45) is 13.9. The summed E-state index contributed by atoms with van der Waals surface area (Å²) < 4.78 is 11.0. The zero-order chi connectivity index (χ0) is 25.0. The number of nitrogens with two attached hydrogens (primary N) is 2. The maximum atomic E-state index is 12.5. The van der Waals surface area contributed by atoms with E-state index in [2.05, 4.69) is 6.58 Å². The number of hydrogen-bond acceptors (Lipinski definition) is 6. The van der Waals surface area contributed by atoms with Gasteiger partial charge in [0.15, 0.2) is 0 Å². The summed E-state index contributed by atoms with van der Waals surface area (Å²) in [4.78, 5) is 24.6. The molecule has 0 unspecified atom stereocenters. The standard InChI is InChI=1S/C29H36N2O4/c1-2-3-4-5-6-21-9-16-26(17-10-21)35-29(33)23-12-7-22(8-13-23)11-18-28(32)34-20-24-14-15-25(30)19-27(24)31/h2,7-8,11-15,18-19,21,26H,1,3-6,9-10,16-17,20,30-31H2. The van der Waals surface area contributed by atoms with E-state index in [1.54, 1.807) is 48.5 Å². The normalized spacial score (nSPS) is 17.7. The Hall–Kier alpha value is -3.54. The number of hydrogen-bond donors (Lipinski definition) is 2. The van der Waals surface area contributed by atoms with Crippen LogP contribution in [-0.2, 0) is 20.9 Å². The van der Waals surface area contributed by atoms with Crippen molar-refractivity contribution in [1.82, 2.24) is 0 Å². The van der Waals surface area contributed by atoms with Crippen LogP contribution in [0.2, 0.25) is 0 Å². The highest BCUT2D eigenvalue weighted by molar-refractivity contribution is 5.90. The second kappa shape index (κ2) is 13.4. The van der Waals surface area contributed by atoms with Crippen LogP contribution in [0.5, 0.6) is 0 Å². The number of esters is 2. The summed E-state index contributed by atoms with van der Waals surface area (Å²) in [6.45, 7) is 3.84. The molecule has 3 rings (SSSR count). The molecule has 0 spiro atoms. The number of ether oxygens (including phenoxy) is 2. The van der Waals surface area contributed by atoms with Crippen LogP contribution in [0.4, 0.5) is 11.4 Å². The minimum absolute atomic E-state index is 0.00337. The van der Waals surface area contributed by atoms with E-state index < -0.39 is 5.97 Å². The molecule has 186 valence electrons. The molecule has 0 radical (unpaired) electrons. The molecule has 0 aliphatic heterocycles. The van der Waals surface area contributed by atoms with Crippen molar-refractivity contribution in [2.75, 3.05) is 11.5 Å². The van der Waals surface area contributed by atoms with E-state index in [9.17, 15) is 9.59 Å². The first kappa shape index (κ1) is 26.1. The third-order valence-corrected chi connectivity index (χ3v) is 6.44. The van der Waals surface area contributed by atoms with E-state index in [1.165, 1.54) is 25.3 Å². The highest BCUT2D eigenvalue weighted by Crippen LogP contribution is 2.30. The van der Waals surface area contributed by atoms with Gasteiger partial charge in [0, 0.05) is 23.0 Å². The fraction of sp³-hybridized carbons (Fsp3) is 0.379. The van der Waals surface area contributed by atoms with Crippen LogP contribution in [0.1, 0.15) is 72.9 Å². The number of rotatable bonds is 11. The third kappa shape index (κ3) is 8.63. The fourth-order valence-electron chi connectivity index (χ4n) is 4.32. The molecular weight excluding hydrogens is 440 g/mol. The molecule has 1 aliphatic rings. The van der Waals surface area contributed by atoms with Gasteiger partial charge in [0.25, 0.3) is 0 Å². The molecule has 2 aromatic carbocycles. The number of carbonyl (C=O) groups excluding carboxylic acids is 2. The van der Waals surface area contributed by atoms with Gasteiger partial charge in [0.2, 0.25) is 0 Å². The summed E-state index contributed by atoms with van der Waals surface area (Å²) in [5, 5.41) is 0. The van der Waals surface area contributed by atoms with Crippen molar-refractivity contribution in [1.29, 1.82) is 0 Å². The topological polar surface area (TPSA) is 105 Å². The summed E-state index contributed by atoms with van der Waals surface area (Å²) in [7, 11) is 0. The van der Waals surface area contributed by atoms with Crippen LogP contribution in [-0.4, -0.2) is 18.0 Å². The number of nitrogen functional groups attached to an aromatic ring is 2. The van der Waals surface area contributed by atoms with Gasteiger partial charge in [-0.3, -0.25) is 0 Å². The van der Waals surface area contributed by atoms with Gasteiger partial charge in [-0.05, 0) is 80.3 Å². The Morgan fingerprint density at radius 1 is 1.00 bits per heavy atom. The first-order valence-electron chi connectivity index (χ1n) is 12.3. The van der Waals surface area contributed by atoms with E-state index >= 15 is 0 Å². The minimum Gasteiger partial charge on any atom is -0.459 e. The molecule has 4 N–H and O–H groups in total. The van der Waals surface area contributed by atoms with Crippen LogP contribution in [0.25, 0.3) is 6.08 Å². The average molecular weight is 477 g/mol. The second-order valence-corrected chi connectivity index (χ2v) is 9.14. The van der Waals surface area contributed by atoms with Gasteiger partial charge in [-0.1, -0.05) is 37.1 Å². The third-order valence-electron chi connectivity index (χ3n) is 6.44. The van der Waals surface area contributed by atoms with Gasteiger partial charge in [-0.2, -0.15) is 0 Å². The smallest absolute Gasteiger partial charge is 0.338 e. The molecule has 6 heteroatoms. The van der Waals surface area contributed by atoms with Gasteiger partial charge in [0.05, 0.1) is 5.56 Å². The summed E-state index contributed by atoms with van der Waals surface area (Å²) in [5.41, 5.74) is 14.6. The molecule has 35 heavy (non-hydrogen) atoms. The SMILES string of the molecule is C=CCCCCC1CCC(OC(=O)c2ccc(C=CC(=O)OCc3ccc(N)cc3N)cc2)CC1. The van der Waals surface area contributed by atoms with Gasteiger partial charge < -0.3 is 20.9 Å². The Kier molecular flexibility index (Phi) is 9.96. The molecule has 1 aliphatic carbocycles. The van der Waals surface area contributed by atoms with Crippen LogP contribution in [0.3, 0.4) is 0 Å². The molecule has 1 fully saturated rings. The summed E-state index contributed by atoms with van der Waals surface area (Å²) >= 11 is 0. The van der Waals surface area contributed by atoms with E-state index in [-0.39, 0.29) is 18.7 Å². The molecule has 0 atom stereocenters. The quantitative estimate of drug-likeness (QED) is 0.134. The lowest BCUT2D eigenvalue weighted by atomic mass is 9.84. The molecule has 0 aromatic heterocycles. The molecule has 6 nitrogen and oxygen atoms in total. The Bertz CT molecular complexity index is 1020. The number of carbonyl (C=O) groups is 2. The lowest BCUT2D eigenvalue weighted by molar-refractivity contribution is -0.138. The monoisotopic (exact) mass is 476 g/mol. The van der Waals surface area contributed by atoms with Gasteiger partial charge in [-0.25, -0.2) is 9.59 Å². The fourth-order valence-corrected chi connectivity index (χ4v) is 4.32. The van der Waals surface area contributed by atoms with Crippen molar-refractivity contribution in [2.24, 2.45) is 5.92 Å². The molecular formula is C29H36N2O4. The van der Waals surface area contributed by atoms with Crippen molar-refractivity contribution in [3.8, 4) is 0 Å². The first-order valence-corrected chi connectivity index (χ1v) is 12.3. The van der Waals surface area contributed by atoms with Crippen LogP contribution in [0.15, 0.2) is 61.2 Å². The van der Waals surface area contributed by atoms with Crippen molar-refractivity contribution in [3.05, 3.63) is 77.9 Å². The van der Waals surface area contributed by atoms with Crippen molar-refractivity contribution in [3.63, 3.8) is 0 Å². The average Bonchev–Trinajstić information content (AvgIpc) is 2.86. The number of anilines is 2. The number of benzene rings is 2. The summed E-state index contributed by atoms with van der Waals surface area (Å²) in [6, 6.07) is 12.1. The predicted octanol–water partition coefficient (Wildman–Crippen LogP) is 6.07. The van der Waals surface area contributed by atoms with Gasteiger partial charge >= 0.3 is 11.9 Å². The number of allylic oxidation sites excluding steroid dienone is 1. The Morgan fingerprint density at radius 2 is 1.74 bits per heavy atom. The Balaban J connectivity index is 1.40. The molecule has 1 saturated carbocycles. The van der Waals surface area contributed by atoms with E-state index in [1.807, 2.05) is 6.08 Å². The minimum atomic E-state index is -0.485. The van der Waals surface area contributed by atoms with E-state index in [0.29, 0.717) is 22.5 Å². The van der Waals surface area contributed by atoms with E-state index in [0.717, 1.165) is 43.6 Å². The first-order chi connectivity index (χ1) is 16.9. The maximum Gasteiger partial charge on any atom is 0.338 e. The van der Waals surface area contributed by atoms with Crippen LogP contribution >= 0.6 is 0 Å². The lowest BCUT2D eigenvalue weighted by Crippen LogP contribution is -2.24. The molecule has 0 heterocycles. The summed E-state index contributed by atoms with van der Waals surface area (Å²) in [5.74, 6) is -0.0344. The zero-order valence-corrected chi connectivity index (χ0v) is 20.3. The van der Waals surface area contributed by atoms with Crippen molar-refractivity contribution < 1.29 is 19.1 Å². The lowest BCUT2D eigenvalue weighted by Gasteiger charge is -2.28. The van der Waals surface area contributed by atoms with Gasteiger partial charge in [0.1, 0.15) is 12.7 Å². The molecule has 0 amide bonds. The number of unbranched alkanes of at least 4 members (excludes halogenated alkanes) is 2. The van der Waals surface area contributed by atoms with Gasteiger partial charge in [-0.15, -0.1) is 6.58 Å². The van der Waals surface area contributed by atoms with Crippen molar-refractivity contribution in [2.45, 2.75) is 64.1 Å². The van der Waals surface area contributed by atoms with E-state index in [4.69, 9.17) is 20.9 Å². The molecule has 0 bridgehead atoms. The largest absolute Gasteiger partial charge is 0.459 e. The Labute approximate surface area is 208 Å². The van der Waals surface area contributed by atoms with Crippen molar-refractivity contribution >= 4 is 29.4 Å². The second-order valence-electron chi connectivity index (χ2n) is 9.14. The molecule has 2 aromatic rings. The van der Waals surface area contributed by atoms with Crippen LogP contribution < -0.4 is 11.5 Å².